The van der Waals surface area contributed by atoms with Gasteiger partial charge in [-0.15, -0.1) is 0 Å². The van der Waals surface area contributed by atoms with E-state index in [1.165, 1.54) is 0 Å². The molecule has 0 unspecified atom stereocenters. The number of ketones is 1. The number of thioether (sulfide) groups is 2. The van der Waals surface area contributed by atoms with E-state index in [1.54, 1.807) is 0 Å². The molecule has 0 radical (unpaired) electrons. The number of aliphatic hydroxyl groups excluding tert-OH is 1. The van der Waals surface area contributed by atoms with Crippen LogP contribution in [0.4, 0.5) is 17.1 Å². The number of anilines is 3. The predicted molar refractivity (Wildman–Crippen MR) is 176 cm³/mol. The molecule has 4 heterocycles. The number of benzene rings is 4. The normalized spacial score (nSPS) is 22.8. The van der Waals surface area contributed by atoms with E-state index in [0.717, 1.165) is 103 Å². The van der Waals surface area contributed by atoms with Crippen LogP contribution in [0.5, 0.6) is 0 Å². The van der Waals surface area contributed by atoms with E-state index >= 15 is 0 Å². The minimum Gasteiger partial charge on any atom is -0.506 e. The molecule has 0 atom stereocenters. The topological polar surface area (TPSA) is 85.8 Å². The van der Waals surface area contributed by atoms with E-state index in [4.69, 9.17) is 4.99 Å². The molecule has 210 valence electrons. The maximum Gasteiger partial charge on any atom is 0.201 e. The Hall–Kier alpha value is -3.62. The first-order valence-corrected chi connectivity index (χ1v) is 17.1. The highest BCUT2D eigenvalue weighted by atomic mass is 32.2. The third-order valence-corrected chi connectivity index (χ3v) is 11.6. The standard InChI is InChI=1S/C34H30N4O2S2/c39-31-27(21-9-7-19-3-1-5-23-25(19)29(21)37-33(35-23)11-15-41-16-12-33)32(40)28(31)22-10-8-20-4-2-6-24-26(20)30(22)38-34(36-24)13-17-42-18-14-34/h1-10,35-37,39H,11-18H2. The van der Waals surface area contributed by atoms with Crippen molar-refractivity contribution >= 4 is 79.1 Å². The number of hydrogen-bond donors (Lipinski definition) is 4. The Kier molecular flexibility index (Phi) is 5.31. The summed E-state index contributed by atoms with van der Waals surface area (Å²) >= 11 is 3.94. The second-order valence-corrected chi connectivity index (χ2v) is 14.5. The minimum absolute atomic E-state index is 0.0664. The molecule has 4 aromatic carbocycles. The molecule has 0 saturated carbocycles. The molecule has 42 heavy (non-hydrogen) atoms. The molecule has 4 aliphatic heterocycles. The van der Waals surface area contributed by atoms with Gasteiger partial charge in [-0.25, -0.2) is 0 Å². The van der Waals surface area contributed by atoms with Crippen LogP contribution >= 0.6 is 23.5 Å². The second-order valence-electron chi connectivity index (χ2n) is 12.0. The molecule has 6 nitrogen and oxygen atoms in total. The van der Waals surface area contributed by atoms with Gasteiger partial charge in [0.1, 0.15) is 17.1 Å². The zero-order valence-corrected chi connectivity index (χ0v) is 24.7. The molecular formula is C34H30N4O2S2. The summed E-state index contributed by atoms with van der Waals surface area (Å²) in [7, 11) is 0. The first-order valence-electron chi connectivity index (χ1n) is 14.8. The highest BCUT2D eigenvalue weighted by Gasteiger charge is 2.42. The summed E-state index contributed by atoms with van der Waals surface area (Å²) in [5.41, 5.74) is 4.00. The van der Waals surface area contributed by atoms with Crippen LogP contribution in [-0.4, -0.2) is 45.2 Å². The number of nitrogens with one attached hydrogen (secondary N) is 3. The van der Waals surface area contributed by atoms with Gasteiger partial charge in [0.25, 0.3) is 0 Å². The quantitative estimate of drug-likeness (QED) is 0.216. The van der Waals surface area contributed by atoms with Gasteiger partial charge in [-0.3, -0.25) is 9.79 Å². The van der Waals surface area contributed by atoms with E-state index in [9.17, 15) is 9.90 Å². The number of carbonyl (C=O) groups excluding carboxylic acids is 1. The lowest BCUT2D eigenvalue weighted by Crippen LogP contribution is -2.51. The van der Waals surface area contributed by atoms with Gasteiger partial charge in [-0.05, 0) is 71.6 Å². The average Bonchev–Trinajstić information content (AvgIpc) is 3.00. The monoisotopic (exact) mass is 590 g/mol. The lowest BCUT2D eigenvalue weighted by molar-refractivity contribution is -0.109. The van der Waals surface area contributed by atoms with E-state index < -0.39 is 0 Å². The Balaban J connectivity index is 1.27. The summed E-state index contributed by atoms with van der Waals surface area (Å²) in [6.45, 7) is 0. The molecule has 0 aromatic heterocycles. The number of nitrogens with zero attached hydrogens (tertiary/aromatic N) is 1. The summed E-state index contributed by atoms with van der Waals surface area (Å²) in [6.07, 6.45) is 3.83. The van der Waals surface area contributed by atoms with Gasteiger partial charge in [0, 0.05) is 32.9 Å². The van der Waals surface area contributed by atoms with Crippen molar-refractivity contribution in [3.63, 3.8) is 0 Å². The van der Waals surface area contributed by atoms with Gasteiger partial charge >= 0.3 is 0 Å². The van der Waals surface area contributed by atoms with Crippen molar-refractivity contribution in [2.24, 2.45) is 4.99 Å². The van der Waals surface area contributed by atoms with Crippen molar-refractivity contribution in [1.82, 2.24) is 0 Å². The van der Waals surface area contributed by atoms with Crippen LogP contribution in [-0.2, 0) is 4.79 Å². The van der Waals surface area contributed by atoms with Crippen molar-refractivity contribution in [3.8, 4) is 0 Å². The molecule has 5 aliphatic rings. The zero-order chi connectivity index (χ0) is 28.1. The number of carbonyl (C=O) groups is 1. The lowest BCUT2D eigenvalue weighted by Gasteiger charge is -2.44. The fraction of sp³-hybridized carbons (Fsp3) is 0.294. The van der Waals surface area contributed by atoms with Crippen LogP contribution in [0.3, 0.4) is 0 Å². The molecule has 4 N–H and O–H groups in total. The van der Waals surface area contributed by atoms with Gasteiger partial charge in [-0.2, -0.15) is 23.5 Å². The number of allylic oxidation sites excluding steroid dienone is 2. The SMILES string of the molecule is O=C1C(c2ccc3cccc4c3c2NC2(CCSCC2)N4)=C(O)C1=c1ccc2cccc3c2c1=NC1(CCSCC1)N3. The summed E-state index contributed by atoms with van der Waals surface area (Å²) in [5, 5.41) is 28.9. The Labute approximate surface area is 251 Å². The molecule has 2 fully saturated rings. The third kappa shape index (κ3) is 3.48. The van der Waals surface area contributed by atoms with Crippen molar-refractivity contribution < 1.29 is 9.90 Å². The summed E-state index contributed by atoms with van der Waals surface area (Å²) in [6, 6.07) is 20.6. The molecule has 1 aliphatic carbocycles. The maximum absolute atomic E-state index is 14.2. The van der Waals surface area contributed by atoms with Crippen LogP contribution in [0.15, 0.2) is 71.4 Å². The van der Waals surface area contributed by atoms with Gasteiger partial charge in [0.15, 0.2) is 0 Å². The summed E-state index contributed by atoms with van der Waals surface area (Å²) < 4.78 is 0. The van der Waals surface area contributed by atoms with Crippen LogP contribution in [0.1, 0.15) is 31.2 Å². The first kappa shape index (κ1) is 24.9. The largest absolute Gasteiger partial charge is 0.506 e. The highest BCUT2D eigenvalue weighted by Crippen LogP contribution is 2.48. The van der Waals surface area contributed by atoms with E-state index in [2.05, 4.69) is 58.4 Å². The van der Waals surface area contributed by atoms with Gasteiger partial charge < -0.3 is 21.1 Å². The summed E-state index contributed by atoms with van der Waals surface area (Å²) in [5.74, 6) is 4.18. The van der Waals surface area contributed by atoms with Crippen molar-refractivity contribution in [3.05, 3.63) is 82.6 Å². The molecule has 0 amide bonds. The molecule has 4 aromatic rings. The van der Waals surface area contributed by atoms with Crippen LogP contribution in [0.25, 0.3) is 32.7 Å². The number of Topliss-reactive ketones (excluding diaryl/α,β-unsaturated/α-hetero) is 1. The molecular weight excluding hydrogens is 561 g/mol. The second kappa shape index (κ2) is 8.94. The van der Waals surface area contributed by atoms with Crippen LogP contribution in [0.2, 0.25) is 0 Å². The third-order valence-electron chi connectivity index (χ3n) is 9.63. The Morgan fingerprint density at radius 3 is 2.12 bits per heavy atom. The molecule has 2 saturated heterocycles. The predicted octanol–water partition coefficient (Wildman–Crippen LogP) is 6.02. The number of hydrogen-bond acceptors (Lipinski definition) is 8. The van der Waals surface area contributed by atoms with Gasteiger partial charge in [-0.1, -0.05) is 48.5 Å². The van der Waals surface area contributed by atoms with Gasteiger partial charge in [0.05, 0.1) is 22.2 Å². The first-order chi connectivity index (χ1) is 20.5. The van der Waals surface area contributed by atoms with Crippen LogP contribution in [0, 0.1) is 0 Å². The maximum atomic E-state index is 14.2. The van der Waals surface area contributed by atoms with Crippen molar-refractivity contribution in [2.45, 2.75) is 37.0 Å². The molecule has 2 spiro atoms. The average molecular weight is 591 g/mol. The smallest absolute Gasteiger partial charge is 0.201 e. The highest BCUT2D eigenvalue weighted by molar-refractivity contribution is 7.99. The Bertz CT molecular complexity index is 2020. The zero-order valence-electron chi connectivity index (χ0n) is 23.0. The number of rotatable bonds is 1. The van der Waals surface area contributed by atoms with E-state index in [-0.39, 0.29) is 22.9 Å². The Morgan fingerprint density at radius 2 is 1.38 bits per heavy atom. The molecule has 8 heteroatoms. The molecule has 0 bridgehead atoms. The number of aliphatic hydroxyl groups is 1. The van der Waals surface area contributed by atoms with Crippen molar-refractivity contribution in [1.29, 1.82) is 0 Å². The van der Waals surface area contributed by atoms with E-state index in [0.29, 0.717) is 11.1 Å². The fourth-order valence-electron chi connectivity index (χ4n) is 7.44. The minimum atomic E-state index is -0.374. The summed E-state index contributed by atoms with van der Waals surface area (Å²) in [4.78, 5) is 19.5. The van der Waals surface area contributed by atoms with E-state index in [1.807, 2.05) is 41.7 Å². The van der Waals surface area contributed by atoms with Crippen LogP contribution < -0.4 is 26.5 Å². The van der Waals surface area contributed by atoms with Crippen molar-refractivity contribution in [2.75, 3.05) is 39.0 Å². The van der Waals surface area contributed by atoms with Gasteiger partial charge in [0.2, 0.25) is 5.78 Å². The lowest BCUT2D eigenvalue weighted by atomic mass is 9.79. The Morgan fingerprint density at radius 1 is 0.714 bits per heavy atom. The fourth-order valence-corrected chi connectivity index (χ4v) is 9.80. The molecule has 9 rings (SSSR count).